The number of carboxylic acids is 1. The molecule has 3 N–H and O–H groups in total. The topological polar surface area (TPSA) is 121 Å². The van der Waals surface area contributed by atoms with Crippen molar-refractivity contribution in [1.29, 1.82) is 0 Å². The number of benzene rings is 2. The summed E-state index contributed by atoms with van der Waals surface area (Å²) in [5.41, 5.74) is 0.947. The summed E-state index contributed by atoms with van der Waals surface area (Å²) in [6, 6.07) is 9.37. The predicted molar refractivity (Wildman–Crippen MR) is 112 cm³/mol. The van der Waals surface area contributed by atoms with Gasteiger partial charge < -0.3 is 24.8 Å². The van der Waals surface area contributed by atoms with Gasteiger partial charge in [-0.2, -0.15) is 0 Å². The molecule has 0 bridgehead atoms. The van der Waals surface area contributed by atoms with Gasteiger partial charge in [0.2, 0.25) is 0 Å². The quantitative estimate of drug-likeness (QED) is 0.601. The highest BCUT2D eigenvalue weighted by Crippen LogP contribution is 2.33. The Bertz CT molecular complexity index is 901. The number of nitrogens with zero attached hydrogens (tertiary/aromatic N) is 2. The lowest BCUT2D eigenvalue weighted by Crippen LogP contribution is -2.16. The Kier molecular flexibility index (Phi) is 6.56. The summed E-state index contributed by atoms with van der Waals surface area (Å²) in [5.74, 6) is -0.849. The fourth-order valence-corrected chi connectivity index (χ4v) is 3.48. The normalized spacial score (nSPS) is 21.3. The number of aliphatic imine (C=N–C) groups is 2. The lowest BCUT2D eigenvalue weighted by molar-refractivity contribution is -0.141. The molecule has 158 valence electrons. The molecule has 1 fully saturated rings. The van der Waals surface area contributed by atoms with E-state index in [4.69, 9.17) is 9.47 Å². The van der Waals surface area contributed by atoms with E-state index in [9.17, 15) is 20.1 Å². The first-order valence-corrected chi connectivity index (χ1v) is 9.45. The van der Waals surface area contributed by atoms with Crippen molar-refractivity contribution in [2.75, 3.05) is 14.2 Å². The summed E-state index contributed by atoms with van der Waals surface area (Å²) in [4.78, 5) is 20.5. The van der Waals surface area contributed by atoms with Crippen LogP contribution in [0.1, 0.15) is 24.0 Å². The molecule has 0 aromatic heterocycles. The van der Waals surface area contributed by atoms with E-state index < -0.39 is 11.9 Å². The molecule has 2 aromatic carbocycles. The van der Waals surface area contributed by atoms with E-state index >= 15 is 0 Å². The molecule has 0 spiro atoms. The molecular weight excluding hydrogens is 388 g/mol. The molecule has 8 heteroatoms. The fourth-order valence-electron chi connectivity index (χ4n) is 3.48. The number of carboxylic acid groups (broad SMARTS) is 1. The number of ether oxygens (including phenoxy) is 2. The average Bonchev–Trinajstić information content (AvgIpc) is 3.16. The van der Waals surface area contributed by atoms with Crippen LogP contribution >= 0.6 is 0 Å². The van der Waals surface area contributed by atoms with Crippen LogP contribution in [0.4, 0.5) is 0 Å². The Morgan fingerprint density at radius 1 is 0.900 bits per heavy atom. The number of hydrogen-bond donors (Lipinski definition) is 3. The lowest BCUT2D eigenvalue weighted by Gasteiger charge is -2.12. The van der Waals surface area contributed by atoms with Crippen LogP contribution in [0.15, 0.2) is 46.4 Å². The Balaban J connectivity index is 1.84. The summed E-state index contributed by atoms with van der Waals surface area (Å²) in [7, 11) is 2.92. The third kappa shape index (κ3) is 4.53. The second-order valence-corrected chi connectivity index (χ2v) is 6.99. The lowest BCUT2D eigenvalue weighted by atomic mass is 10.1. The Morgan fingerprint density at radius 2 is 1.33 bits per heavy atom. The molecule has 0 heterocycles. The summed E-state index contributed by atoms with van der Waals surface area (Å²) in [5, 5.41) is 29.9. The Morgan fingerprint density at radius 3 is 1.70 bits per heavy atom. The highest BCUT2D eigenvalue weighted by molar-refractivity contribution is 5.86. The van der Waals surface area contributed by atoms with Crippen molar-refractivity contribution in [1.82, 2.24) is 0 Å². The minimum absolute atomic E-state index is 0.0297. The second kappa shape index (κ2) is 9.30. The van der Waals surface area contributed by atoms with Crippen LogP contribution < -0.4 is 9.47 Å². The predicted octanol–water partition coefficient (Wildman–Crippen LogP) is 2.88. The molecule has 2 aromatic rings. The van der Waals surface area contributed by atoms with Gasteiger partial charge in [-0.15, -0.1) is 0 Å². The summed E-state index contributed by atoms with van der Waals surface area (Å²) in [6.45, 7) is 0. The van der Waals surface area contributed by atoms with Crippen molar-refractivity contribution in [2.24, 2.45) is 15.9 Å². The first-order chi connectivity index (χ1) is 14.4. The standard InChI is InChI=1S/C22H24N2O6/c1-29-18-7-3-5-13(20(18)25)11-23-16-9-15(22(27)28)10-17(16)24-12-14-6-4-8-19(30-2)21(14)26/h3-8,11-12,15-17,25-26H,9-10H2,1-2H3,(H,27,28)/t15?,16-,17+. The molecule has 0 saturated heterocycles. The fraction of sp³-hybridized carbons (Fsp3) is 0.318. The number of carbonyl (C=O) groups is 1. The molecule has 1 unspecified atom stereocenters. The van der Waals surface area contributed by atoms with Crippen molar-refractivity contribution in [3.8, 4) is 23.0 Å². The minimum atomic E-state index is -0.888. The SMILES string of the molecule is COc1cccc(C=N[C@H]2CC(C(=O)O)C[C@H]2N=Cc2cccc(OC)c2O)c1O. The highest BCUT2D eigenvalue weighted by Gasteiger charge is 2.37. The zero-order valence-corrected chi connectivity index (χ0v) is 16.7. The maximum Gasteiger partial charge on any atom is 0.306 e. The minimum Gasteiger partial charge on any atom is -0.504 e. The molecule has 3 rings (SSSR count). The van der Waals surface area contributed by atoms with Gasteiger partial charge in [-0.05, 0) is 37.1 Å². The van der Waals surface area contributed by atoms with Gasteiger partial charge in [0.05, 0.1) is 32.2 Å². The number of hydrogen-bond acceptors (Lipinski definition) is 7. The second-order valence-electron chi connectivity index (χ2n) is 6.99. The molecule has 1 saturated carbocycles. The molecule has 1 aliphatic rings. The van der Waals surface area contributed by atoms with Crippen LogP contribution in [0, 0.1) is 5.92 Å². The van der Waals surface area contributed by atoms with Crippen LogP contribution in [0.2, 0.25) is 0 Å². The first kappa shape index (κ1) is 21.2. The van der Waals surface area contributed by atoms with Gasteiger partial charge in [0.15, 0.2) is 23.0 Å². The number of methoxy groups -OCH3 is 2. The molecule has 30 heavy (non-hydrogen) atoms. The molecular formula is C22H24N2O6. The van der Waals surface area contributed by atoms with E-state index in [2.05, 4.69) is 9.98 Å². The number of aliphatic carboxylic acids is 1. The molecule has 8 nitrogen and oxygen atoms in total. The third-order valence-electron chi connectivity index (χ3n) is 5.16. The number of para-hydroxylation sites is 2. The van der Waals surface area contributed by atoms with Crippen molar-refractivity contribution >= 4 is 18.4 Å². The summed E-state index contributed by atoms with van der Waals surface area (Å²) >= 11 is 0. The van der Waals surface area contributed by atoms with Gasteiger partial charge in [0.1, 0.15) is 0 Å². The van der Waals surface area contributed by atoms with Gasteiger partial charge in [-0.1, -0.05) is 12.1 Å². The van der Waals surface area contributed by atoms with Crippen molar-refractivity contribution < 1.29 is 29.6 Å². The van der Waals surface area contributed by atoms with Crippen molar-refractivity contribution in [3.63, 3.8) is 0 Å². The number of rotatable bonds is 7. The monoisotopic (exact) mass is 412 g/mol. The Labute approximate surface area is 174 Å². The van der Waals surface area contributed by atoms with Gasteiger partial charge in [-0.25, -0.2) is 0 Å². The van der Waals surface area contributed by atoms with Crippen LogP contribution in [0.5, 0.6) is 23.0 Å². The van der Waals surface area contributed by atoms with E-state index in [0.717, 1.165) is 0 Å². The van der Waals surface area contributed by atoms with E-state index in [1.54, 1.807) is 36.4 Å². The maximum atomic E-state index is 11.5. The van der Waals surface area contributed by atoms with Gasteiger partial charge in [0.25, 0.3) is 0 Å². The number of phenolic OH excluding ortho intramolecular Hbond substituents is 2. The van der Waals surface area contributed by atoms with Crippen LogP contribution in [0.3, 0.4) is 0 Å². The van der Waals surface area contributed by atoms with E-state index in [-0.39, 0.29) is 23.6 Å². The summed E-state index contributed by atoms with van der Waals surface area (Å²) in [6.07, 6.45) is 3.70. The van der Waals surface area contributed by atoms with E-state index in [0.29, 0.717) is 35.5 Å². The van der Waals surface area contributed by atoms with Crippen LogP contribution in [-0.4, -0.2) is 60.0 Å². The van der Waals surface area contributed by atoms with Gasteiger partial charge in [0, 0.05) is 23.6 Å². The number of phenols is 2. The van der Waals surface area contributed by atoms with Gasteiger partial charge >= 0.3 is 5.97 Å². The number of aromatic hydroxyl groups is 2. The molecule has 0 aliphatic heterocycles. The highest BCUT2D eigenvalue weighted by atomic mass is 16.5. The third-order valence-corrected chi connectivity index (χ3v) is 5.16. The van der Waals surface area contributed by atoms with Gasteiger partial charge in [-0.3, -0.25) is 14.8 Å². The zero-order valence-electron chi connectivity index (χ0n) is 16.7. The molecule has 1 aliphatic carbocycles. The van der Waals surface area contributed by atoms with Crippen molar-refractivity contribution in [2.45, 2.75) is 24.9 Å². The average molecular weight is 412 g/mol. The molecule has 0 amide bonds. The maximum absolute atomic E-state index is 11.5. The first-order valence-electron chi connectivity index (χ1n) is 9.45. The van der Waals surface area contributed by atoms with E-state index in [1.807, 2.05) is 0 Å². The van der Waals surface area contributed by atoms with Crippen LogP contribution in [-0.2, 0) is 4.79 Å². The Hall–Kier alpha value is -3.55. The molecule has 3 atom stereocenters. The smallest absolute Gasteiger partial charge is 0.306 e. The van der Waals surface area contributed by atoms with E-state index in [1.165, 1.54) is 26.6 Å². The largest absolute Gasteiger partial charge is 0.504 e. The zero-order chi connectivity index (χ0) is 21.7. The summed E-state index contributed by atoms with van der Waals surface area (Å²) < 4.78 is 10.2. The van der Waals surface area contributed by atoms with Crippen LogP contribution in [0.25, 0.3) is 0 Å². The molecule has 0 radical (unpaired) electrons. The van der Waals surface area contributed by atoms with Crippen molar-refractivity contribution in [3.05, 3.63) is 47.5 Å².